The quantitative estimate of drug-likeness (QED) is 0.494. The molecule has 0 spiro atoms. The largest absolute Gasteiger partial charge is 0.491 e. The molecule has 9 nitrogen and oxygen atoms in total. The van der Waals surface area contributed by atoms with E-state index in [1.165, 1.54) is 37.4 Å². The molecule has 1 saturated heterocycles. The summed E-state index contributed by atoms with van der Waals surface area (Å²) in [5.74, 6) is -1.11. The van der Waals surface area contributed by atoms with E-state index in [4.69, 9.17) is 38.9 Å². The number of nitriles is 1. The molecule has 14 heteroatoms. The molecule has 1 aliphatic rings. The Morgan fingerprint density at radius 3 is 2.49 bits per heavy atom. The van der Waals surface area contributed by atoms with E-state index in [2.05, 4.69) is 0 Å². The van der Waals surface area contributed by atoms with Crippen molar-refractivity contribution in [1.82, 2.24) is 8.61 Å². The second-order valence-electron chi connectivity index (χ2n) is 8.02. The maximum absolute atomic E-state index is 14.0. The van der Waals surface area contributed by atoms with E-state index in [9.17, 15) is 21.2 Å². The lowest BCUT2D eigenvalue weighted by molar-refractivity contribution is -0.0351. The van der Waals surface area contributed by atoms with Crippen LogP contribution in [0.4, 0.5) is 4.39 Å². The van der Waals surface area contributed by atoms with Gasteiger partial charge >= 0.3 is 0 Å². The van der Waals surface area contributed by atoms with Crippen molar-refractivity contribution in [2.75, 3.05) is 32.5 Å². The number of likely N-dealkylation sites (N-methyl/N-ethyl adjacent to an activating group) is 1. The molecule has 0 saturated carbocycles. The monoisotopic (exact) mass is 564 g/mol. The fourth-order valence-electron chi connectivity index (χ4n) is 3.87. The summed E-state index contributed by atoms with van der Waals surface area (Å²) in [4.78, 5) is -0.174. The smallest absolute Gasteiger partial charge is 0.244 e. The number of ether oxygens (including phenoxy) is 1. The van der Waals surface area contributed by atoms with Gasteiger partial charge in [-0.15, -0.1) is 0 Å². The van der Waals surface area contributed by atoms with Crippen LogP contribution < -0.4 is 10.5 Å². The van der Waals surface area contributed by atoms with Gasteiger partial charge in [-0.3, -0.25) is 0 Å². The van der Waals surface area contributed by atoms with E-state index in [-0.39, 0.29) is 51.7 Å². The summed E-state index contributed by atoms with van der Waals surface area (Å²) >= 11 is 12.0. The molecule has 2 N–H and O–H groups in total. The first-order chi connectivity index (χ1) is 16.3. The fraction of sp³-hybridized carbons (Fsp3) is 0.381. The van der Waals surface area contributed by atoms with Crippen LogP contribution in [0.2, 0.25) is 10.0 Å². The van der Waals surface area contributed by atoms with E-state index in [1.807, 2.05) is 0 Å². The molecular weight excluding hydrogens is 542 g/mol. The highest BCUT2D eigenvalue weighted by Crippen LogP contribution is 2.41. The van der Waals surface area contributed by atoms with Crippen molar-refractivity contribution < 1.29 is 26.0 Å². The van der Waals surface area contributed by atoms with Crippen molar-refractivity contribution in [3.05, 3.63) is 57.8 Å². The molecule has 2 unspecified atom stereocenters. The molecule has 2 aromatic rings. The predicted molar refractivity (Wildman–Crippen MR) is 130 cm³/mol. The van der Waals surface area contributed by atoms with Crippen molar-refractivity contribution >= 4 is 43.2 Å². The van der Waals surface area contributed by atoms with E-state index < -0.39 is 37.4 Å². The van der Waals surface area contributed by atoms with Gasteiger partial charge in [-0.2, -0.15) is 13.9 Å². The van der Waals surface area contributed by atoms with Crippen LogP contribution in [0.15, 0.2) is 41.3 Å². The topological polar surface area (TPSA) is 134 Å². The van der Waals surface area contributed by atoms with Crippen molar-refractivity contribution in [3.63, 3.8) is 0 Å². The highest BCUT2D eigenvalue weighted by Gasteiger charge is 2.60. The van der Waals surface area contributed by atoms with Crippen molar-refractivity contribution in [3.8, 4) is 11.8 Å². The zero-order valence-corrected chi connectivity index (χ0v) is 21.9. The zero-order valence-electron chi connectivity index (χ0n) is 18.8. The highest BCUT2D eigenvalue weighted by atomic mass is 35.5. The molecule has 0 aromatic heterocycles. The molecule has 190 valence electrons. The number of halogens is 3. The highest BCUT2D eigenvalue weighted by molar-refractivity contribution is 7.89. The van der Waals surface area contributed by atoms with Crippen LogP contribution in [-0.2, 0) is 20.0 Å². The number of nitrogens with two attached hydrogens (primary N) is 1. The Kier molecular flexibility index (Phi) is 8.03. The van der Waals surface area contributed by atoms with Crippen LogP contribution in [0.5, 0.6) is 5.75 Å². The number of nitrogens with zero attached hydrogens (tertiary/aromatic N) is 3. The first-order valence-electron chi connectivity index (χ1n) is 10.3. The van der Waals surface area contributed by atoms with Gasteiger partial charge in [-0.1, -0.05) is 23.2 Å². The third-order valence-corrected chi connectivity index (χ3v) is 10.7. The summed E-state index contributed by atoms with van der Waals surface area (Å²) in [7, 11) is -6.68. The lowest BCUT2D eigenvalue weighted by Crippen LogP contribution is -2.78. The SMILES string of the molecule is CC1N(S(=O)(=O)c2ccc(Cl)cc2Cl)CC1(COc1ccc(C#N)c(F)c1)N(C)S(=O)(=O)CCN. The first kappa shape index (κ1) is 27.6. The lowest BCUT2D eigenvalue weighted by Gasteiger charge is -2.57. The number of hydrogen-bond donors (Lipinski definition) is 1. The second-order valence-corrected chi connectivity index (χ2v) is 12.8. The molecule has 0 amide bonds. The number of sulfonamides is 2. The molecule has 2 aromatic carbocycles. The van der Waals surface area contributed by atoms with Gasteiger partial charge in [0.25, 0.3) is 0 Å². The molecule has 1 aliphatic heterocycles. The number of benzene rings is 2. The minimum atomic E-state index is -4.11. The summed E-state index contributed by atoms with van der Waals surface area (Å²) in [5.41, 5.74) is 3.96. The summed E-state index contributed by atoms with van der Waals surface area (Å²) in [6.45, 7) is 0.859. The molecule has 2 atom stereocenters. The van der Waals surface area contributed by atoms with Crippen molar-refractivity contribution in [1.29, 1.82) is 5.26 Å². The summed E-state index contributed by atoms with van der Waals surface area (Å²) in [6.07, 6.45) is 0. The first-order valence-corrected chi connectivity index (χ1v) is 14.1. The van der Waals surface area contributed by atoms with Gasteiger partial charge in [0.1, 0.15) is 29.1 Å². The van der Waals surface area contributed by atoms with Crippen LogP contribution in [0.3, 0.4) is 0 Å². The van der Waals surface area contributed by atoms with E-state index in [1.54, 1.807) is 13.0 Å². The molecule has 0 radical (unpaired) electrons. The Balaban J connectivity index is 1.96. The predicted octanol–water partition coefficient (Wildman–Crippen LogP) is 2.44. The Morgan fingerprint density at radius 2 is 1.94 bits per heavy atom. The molecule has 3 rings (SSSR count). The minimum absolute atomic E-state index is 0.0553. The Morgan fingerprint density at radius 1 is 1.26 bits per heavy atom. The third kappa shape index (κ3) is 5.13. The van der Waals surface area contributed by atoms with Crippen LogP contribution >= 0.6 is 23.2 Å². The van der Waals surface area contributed by atoms with E-state index >= 15 is 0 Å². The van der Waals surface area contributed by atoms with Gasteiger partial charge in [-0.05, 0) is 37.3 Å². The zero-order chi connectivity index (χ0) is 26.2. The second kappa shape index (κ2) is 10.2. The number of hydrogen-bond acceptors (Lipinski definition) is 7. The molecule has 1 heterocycles. The molecule has 35 heavy (non-hydrogen) atoms. The normalized spacial score (nSPS) is 20.9. The average Bonchev–Trinajstić information content (AvgIpc) is 2.77. The molecule has 0 aliphatic carbocycles. The van der Waals surface area contributed by atoms with Gasteiger partial charge in [0.15, 0.2) is 0 Å². The van der Waals surface area contributed by atoms with Crippen molar-refractivity contribution in [2.24, 2.45) is 5.73 Å². The molecule has 0 bridgehead atoms. The maximum Gasteiger partial charge on any atom is 0.244 e. The Labute approximate surface area is 213 Å². The Bertz CT molecular complexity index is 1380. The van der Waals surface area contributed by atoms with Crippen LogP contribution in [0, 0.1) is 17.1 Å². The van der Waals surface area contributed by atoms with Crippen LogP contribution in [0.25, 0.3) is 0 Å². The van der Waals surface area contributed by atoms with Gasteiger partial charge in [-0.25, -0.2) is 21.2 Å². The number of rotatable bonds is 9. The summed E-state index contributed by atoms with van der Waals surface area (Å²) < 4.78 is 74.3. The van der Waals surface area contributed by atoms with Crippen molar-refractivity contribution in [2.45, 2.75) is 23.4 Å². The molecule has 1 fully saturated rings. The molecular formula is C21H23Cl2FN4O5S2. The van der Waals surface area contributed by atoms with E-state index in [0.29, 0.717) is 0 Å². The lowest BCUT2D eigenvalue weighted by atomic mass is 9.84. The van der Waals surface area contributed by atoms with Gasteiger partial charge < -0.3 is 10.5 Å². The van der Waals surface area contributed by atoms with Crippen LogP contribution in [-0.4, -0.2) is 69.5 Å². The van der Waals surface area contributed by atoms with Gasteiger partial charge in [0.05, 0.1) is 21.9 Å². The Hall–Kier alpha value is -1.98. The van der Waals surface area contributed by atoms with Gasteiger partial charge in [0.2, 0.25) is 20.0 Å². The standard InChI is InChI=1S/C21H23Cl2FN4O5S2/c1-14-21(27(2)34(29,30)8-7-25,13-33-17-5-3-15(11-26)19(24)10-17)12-28(14)35(31,32)20-6-4-16(22)9-18(20)23/h3-6,9-10,14H,7-8,12-13,25H2,1-2H3. The fourth-order valence-corrected chi connectivity index (χ4v) is 7.76. The van der Waals surface area contributed by atoms with Gasteiger partial charge in [0, 0.05) is 37.3 Å². The van der Waals surface area contributed by atoms with Crippen LogP contribution in [0.1, 0.15) is 12.5 Å². The minimum Gasteiger partial charge on any atom is -0.491 e. The maximum atomic E-state index is 14.0. The van der Waals surface area contributed by atoms with E-state index in [0.717, 1.165) is 14.7 Å². The average molecular weight is 565 g/mol. The summed E-state index contributed by atoms with van der Waals surface area (Å²) in [6, 6.07) is 8.38. The third-order valence-electron chi connectivity index (χ3n) is 6.09. The summed E-state index contributed by atoms with van der Waals surface area (Å²) in [5, 5.41) is 9.09.